The average molecular weight is 243 g/mol. The largest absolute Gasteiger partial charge is 0.480 e. The molecule has 1 unspecified atom stereocenters. The van der Waals surface area contributed by atoms with Gasteiger partial charge in [-0.3, -0.25) is 4.98 Å². The highest BCUT2D eigenvalue weighted by Crippen LogP contribution is 2.20. The fourth-order valence-electron chi connectivity index (χ4n) is 1.59. The van der Waals surface area contributed by atoms with Crippen LogP contribution in [0, 0.1) is 37.5 Å². The Kier molecular flexibility index (Phi) is 4.28. The van der Waals surface area contributed by atoms with Crippen LogP contribution in [-0.2, 0) is 4.79 Å². The van der Waals surface area contributed by atoms with Gasteiger partial charge in [0.15, 0.2) is 0 Å². The van der Waals surface area contributed by atoms with Crippen molar-refractivity contribution >= 4 is 11.7 Å². The number of terminal acetylenes is 1. The van der Waals surface area contributed by atoms with E-state index in [2.05, 4.69) is 16.2 Å². The summed E-state index contributed by atoms with van der Waals surface area (Å²) in [6, 6.07) is 2.73. The van der Waals surface area contributed by atoms with Gasteiger partial charge in [0.25, 0.3) is 0 Å². The monoisotopic (exact) mass is 243 g/mol. The van der Waals surface area contributed by atoms with Crippen molar-refractivity contribution in [1.82, 2.24) is 4.98 Å². The Bertz CT molecular complexity index is 553. The fourth-order valence-corrected chi connectivity index (χ4v) is 1.59. The van der Waals surface area contributed by atoms with E-state index in [1.807, 2.05) is 6.07 Å². The van der Waals surface area contributed by atoms with Crippen molar-refractivity contribution in [3.8, 4) is 18.4 Å². The maximum atomic E-state index is 11.0. The Labute approximate surface area is 105 Å². The molecule has 0 saturated heterocycles. The first-order valence-corrected chi connectivity index (χ1v) is 5.30. The first kappa shape index (κ1) is 13.5. The highest BCUT2D eigenvalue weighted by molar-refractivity contribution is 5.78. The van der Waals surface area contributed by atoms with Crippen LogP contribution < -0.4 is 5.32 Å². The van der Waals surface area contributed by atoms with Crippen LogP contribution in [0.4, 0.5) is 5.69 Å². The van der Waals surface area contributed by atoms with Crippen molar-refractivity contribution in [2.45, 2.75) is 26.3 Å². The Morgan fingerprint density at radius 3 is 2.83 bits per heavy atom. The van der Waals surface area contributed by atoms with Gasteiger partial charge in [0.2, 0.25) is 0 Å². The van der Waals surface area contributed by atoms with E-state index in [0.29, 0.717) is 22.6 Å². The van der Waals surface area contributed by atoms with Gasteiger partial charge < -0.3 is 10.4 Å². The summed E-state index contributed by atoms with van der Waals surface area (Å²) in [7, 11) is 0. The van der Waals surface area contributed by atoms with E-state index in [4.69, 9.17) is 16.8 Å². The van der Waals surface area contributed by atoms with Crippen LogP contribution >= 0.6 is 0 Å². The second-order valence-corrected chi connectivity index (χ2v) is 3.83. The molecule has 18 heavy (non-hydrogen) atoms. The normalized spacial score (nSPS) is 11.1. The molecule has 1 aromatic heterocycles. The smallest absolute Gasteiger partial charge is 0.327 e. The number of aryl methyl sites for hydroxylation is 2. The number of anilines is 1. The first-order valence-electron chi connectivity index (χ1n) is 5.30. The quantitative estimate of drug-likeness (QED) is 0.782. The van der Waals surface area contributed by atoms with E-state index in [0.717, 1.165) is 0 Å². The molecule has 0 saturated carbocycles. The lowest BCUT2D eigenvalue weighted by Gasteiger charge is -2.15. The number of carboxylic acid groups (broad SMARTS) is 1. The molecule has 92 valence electrons. The fraction of sp³-hybridized carbons (Fsp3) is 0.308. The molecule has 0 amide bonds. The third-order valence-electron chi connectivity index (χ3n) is 2.39. The molecule has 0 aliphatic rings. The molecule has 1 aromatic rings. The number of carboxylic acids is 1. The van der Waals surface area contributed by atoms with E-state index < -0.39 is 12.0 Å². The number of nitrogens with one attached hydrogen (secondary N) is 1. The first-order chi connectivity index (χ1) is 8.49. The van der Waals surface area contributed by atoms with Crippen LogP contribution in [0.5, 0.6) is 0 Å². The third-order valence-corrected chi connectivity index (χ3v) is 2.39. The van der Waals surface area contributed by atoms with Gasteiger partial charge in [-0.25, -0.2) is 4.79 Å². The molecule has 1 atom stereocenters. The van der Waals surface area contributed by atoms with E-state index in [9.17, 15) is 4.79 Å². The molecule has 0 aliphatic heterocycles. The van der Waals surface area contributed by atoms with Crippen molar-refractivity contribution in [2.75, 3.05) is 5.32 Å². The second kappa shape index (κ2) is 5.70. The van der Waals surface area contributed by atoms with Gasteiger partial charge in [0, 0.05) is 12.1 Å². The molecule has 5 heteroatoms. The van der Waals surface area contributed by atoms with Crippen molar-refractivity contribution < 1.29 is 9.90 Å². The minimum Gasteiger partial charge on any atom is -0.480 e. The standard InChI is InChI=1S/C13H13N3O2/c1-4-5-11(13(17)18)16-12-6-8(2)15-9(3)10(12)7-14/h1,6,11H,5H2,2-3H3,(H,15,16)(H,17,18). The van der Waals surface area contributed by atoms with Crippen LogP contribution in [-0.4, -0.2) is 22.1 Å². The van der Waals surface area contributed by atoms with Gasteiger partial charge >= 0.3 is 5.97 Å². The maximum Gasteiger partial charge on any atom is 0.327 e. The van der Waals surface area contributed by atoms with Crippen molar-refractivity contribution in [3.63, 3.8) is 0 Å². The highest BCUT2D eigenvalue weighted by Gasteiger charge is 2.18. The van der Waals surface area contributed by atoms with E-state index in [1.54, 1.807) is 19.9 Å². The lowest BCUT2D eigenvalue weighted by molar-refractivity contribution is -0.137. The van der Waals surface area contributed by atoms with E-state index >= 15 is 0 Å². The summed E-state index contributed by atoms with van der Waals surface area (Å²) in [6.07, 6.45) is 5.16. The van der Waals surface area contributed by atoms with Gasteiger partial charge in [0.1, 0.15) is 12.1 Å². The summed E-state index contributed by atoms with van der Waals surface area (Å²) in [5.41, 5.74) is 2.05. The van der Waals surface area contributed by atoms with Crippen LogP contribution in [0.15, 0.2) is 6.07 Å². The van der Waals surface area contributed by atoms with Crippen LogP contribution in [0.2, 0.25) is 0 Å². The molecule has 5 nitrogen and oxygen atoms in total. The summed E-state index contributed by atoms with van der Waals surface area (Å²) in [5.74, 6) is 1.24. The van der Waals surface area contributed by atoms with Gasteiger partial charge in [-0.1, -0.05) is 0 Å². The number of carbonyl (C=O) groups is 1. The predicted molar refractivity (Wildman–Crippen MR) is 66.9 cm³/mol. The zero-order valence-corrected chi connectivity index (χ0v) is 10.2. The van der Waals surface area contributed by atoms with Gasteiger partial charge in [-0.15, -0.1) is 12.3 Å². The summed E-state index contributed by atoms with van der Waals surface area (Å²) in [4.78, 5) is 15.2. The zero-order valence-electron chi connectivity index (χ0n) is 10.2. The summed E-state index contributed by atoms with van der Waals surface area (Å²) in [6.45, 7) is 3.48. The molecule has 0 bridgehead atoms. The molecule has 1 heterocycles. The molecule has 0 spiro atoms. The van der Waals surface area contributed by atoms with Crippen LogP contribution in [0.3, 0.4) is 0 Å². The van der Waals surface area contributed by atoms with Crippen molar-refractivity contribution in [2.24, 2.45) is 0 Å². The number of rotatable bonds is 4. The van der Waals surface area contributed by atoms with Crippen molar-refractivity contribution in [3.05, 3.63) is 23.0 Å². The number of nitrogens with zero attached hydrogens (tertiary/aromatic N) is 2. The summed E-state index contributed by atoms with van der Waals surface area (Å²) < 4.78 is 0. The SMILES string of the molecule is C#CCC(Nc1cc(C)nc(C)c1C#N)C(=O)O. The number of hydrogen-bond donors (Lipinski definition) is 2. The molecule has 1 rings (SSSR count). The van der Waals surface area contributed by atoms with Gasteiger partial charge in [-0.05, 0) is 19.9 Å². The van der Waals surface area contributed by atoms with Gasteiger partial charge in [0.05, 0.1) is 16.9 Å². The number of pyridine rings is 1. The Balaban J connectivity index is 3.14. The minimum atomic E-state index is -1.05. The number of nitriles is 1. The van der Waals surface area contributed by atoms with E-state index in [-0.39, 0.29) is 6.42 Å². The molecule has 0 aromatic carbocycles. The average Bonchev–Trinajstić information content (AvgIpc) is 2.27. The highest BCUT2D eigenvalue weighted by atomic mass is 16.4. The summed E-state index contributed by atoms with van der Waals surface area (Å²) >= 11 is 0. The molecular weight excluding hydrogens is 230 g/mol. The lowest BCUT2D eigenvalue weighted by atomic mass is 10.1. The third kappa shape index (κ3) is 2.99. The molecule has 0 aliphatic carbocycles. The molecule has 2 N–H and O–H groups in total. The second-order valence-electron chi connectivity index (χ2n) is 3.83. The van der Waals surface area contributed by atoms with E-state index in [1.165, 1.54) is 0 Å². The molecular formula is C13H13N3O2. The number of aromatic nitrogens is 1. The summed E-state index contributed by atoms with van der Waals surface area (Å²) in [5, 5.41) is 20.8. The van der Waals surface area contributed by atoms with Crippen molar-refractivity contribution in [1.29, 1.82) is 5.26 Å². The number of hydrogen-bond acceptors (Lipinski definition) is 4. The number of aliphatic carboxylic acids is 1. The topological polar surface area (TPSA) is 86.0 Å². The lowest BCUT2D eigenvalue weighted by Crippen LogP contribution is -2.29. The van der Waals surface area contributed by atoms with Crippen LogP contribution in [0.25, 0.3) is 0 Å². The Morgan fingerprint density at radius 2 is 2.33 bits per heavy atom. The predicted octanol–water partition coefficient (Wildman–Crippen LogP) is 1.46. The Morgan fingerprint density at radius 1 is 1.67 bits per heavy atom. The zero-order chi connectivity index (χ0) is 13.7. The molecule has 0 radical (unpaired) electrons. The maximum absolute atomic E-state index is 11.0. The molecule has 0 fully saturated rings. The van der Waals surface area contributed by atoms with Gasteiger partial charge in [-0.2, -0.15) is 5.26 Å². The van der Waals surface area contributed by atoms with Crippen LogP contribution in [0.1, 0.15) is 23.4 Å². The minimum absolute atomic E-state index is 0.0423. The Hall–Kier alpha value is -2.53.